The Morgan fingerprint density at radius 1 is 1.19 bits per heavy atom. The van der Waals surface area contributed by atoms with Gasteiger partial charge in [-0.3, -0.25) is 4.79 Å². The number of amides is 1. The van der Waals surface area contributed by atoms with E-state index in [4.69, 9.17) is 13.9 Å². The Labute approximate surface area is 181 Å². The molecule has 32 heavy (non-hydrogen) atoms. The van der Waals surface area contributed by atoms with Crippen LogP contribution in [0.1, 0.15) is 48.2 Å². The van der Waals surface area contributed by atoms with Gasteiger partial charge in [-0.2, -0.15) is 13.2 Å². The van der Waals surface area contributed by atoms with Gasteiger partial charge >= 0.3 is 12.3 Å². The number of rotatable bonds is 3. The molecule has 10 heteroatoms. The van der Waals surface area contributed by atoms with Crippen molar-refractivity contribution in [2.75, 3.05) is 31.1 Å². The zero-order valence-electron chi connectivity index (χ0n) is 17.3. The summed E-state index contributed by atoms with van der Waals surface area (Å²) < 4.78 is 55.8. The molecule has 1 aliphatic carbocycles. The van der Waals surface area contributed by atoms with E-state index in [1.165, 1.54) is 6.07 Å². The first-order valence-electron chi connectivity index (χ1n) is 10.8. The monoisotopic (exact) mass is 452 g/mol. The highest BCUT2D eigenvalue weighted by atomic mass is 19.4. The number of carbonyl (C=O) groups excluding carboxylic acids is 2. The first kappa shape index (κ1) is 21.0. The summed E-state index contributed by atoms with van der Waals surface area (Å²) in [4.78, 5) is 25.7. The lowest BCUT2D eigenvalue weighted by atomic mass is 9.78. The Kier molecular flexibility index (Phi) is 4.98. The molecule has 3 aliphatic rings. The lowest BCUT2D eigenvalue weighted by molar-refractivity contribution is -0.137. The fourth-order valence-electron chi connectivity index (χ4n) is 4.95. The van der Waals surface area contributed by atoms with E-state index in [0.29, 0.717) is 43.2 Å². The number of hydrogen-bond acceptors (Lipinski definition) is 6. The second-order valence-electron chi connectivity index (χ2n) is 8.79. The zero-order valence-corrected chi connectivity index (χ0v) is 17.3. The van der Waals surface area contributed by atoms with Gasteiger partial charge in [-0.05, 0) is 56.2 Å². The van der Waals surface area contributed by atoms with Crippen LogP contribution in [0.15, 0.2) is 22.6 Å². The van der Waals surface area contributed by atoms with E-state index in [0.717, 1.165) is 44.2 Å². The number of halogens is 3. The summed E-state index contributed by atoms with van der Waals surface area (Å²) in [6.45, 7) is 1.74. The van der Waals surface area contributed by atoms with Gasteiger partial charge in [0.1, 0.15) is 17.8 Å². The van der Waals surface area contributed by atoms with Crippen LogP contribution >= 0.6 is 0 Å². The van der Waals surface area contributed by atoms with Crippen LogP contribution in [-0.4, -0.2) is 43.9 Å². The molecule has 1 aromatic carbocycles. The predicted molar refractivity (Wildman–Crippen MR) is 108 cm³/mol. The molecular weight excluding hydrogens is 429 g/mol. The van der Waals surface area contributed by atoms with E-state index in [1.807, 2.05) is 4.90 Å². The van der Waals surface area contributed by atoms with Crippen LogP contribution in [0.3, 0.4) is 0 Å². The summed E-state index contributed by atoms with van der Waals surface area (Å²) in [6.07, 6.45) is -1.07. The topological polar surface area (TPSA) is 81.0 Å². The van der Waals surface area contributed by atoms with Gasteiger partial charge in [0.05, 0.1) is 11.3 Å². The van der Waals surface area contributed by atoms with Crippen LogP contribution in [0.25, 0.3) is 11.0 Å². The normalized spacial score (nSPS) is 26.0. The van der Waals surface area contributed by atoms with Crippen molar-refractivity contribution in [2.24, 2.45) is 5.92 Å². The van der Waals surface area contributed by atoms with Gasteiger partial charge in [0.2, 0.25) is 5.76 Å². The van der Waals surface area contributed by atoms with E-state index < -0.39 is 29.4 Å². The summed E-state index contributed by atoms with van der Waals surface area (Å²) in [5.41, 5.74) is -0.600. The van der Waals surface area contributed by atoms with E-state index in [1.54, 1.807) is 0 Å². The molecule has 0 unspecified atom stereocenters. The molecule has 0 atom stereocenters. The van der Waals surface area contributed by atoms with E-state index >= 15 is 0 Å². The molecule has 3 heterocycles. The maximum Gasteiger partial charge on any atom is 0.509 e. The smallest absolute Gasteiger partial charge is 0.449 e. The molecule has 1 N–H and O–H groups in total. The molecule has 1 aromatic heterocycles. The number of anilines is 1. The highest BCUT2D eigenvalue weighted by Crippen LogP contribution is 2.41. The summed E-state index contributed by atoms with van der Waals surface area (Å²) in [5.74, 6) is 0.0172. The van der Waals surface area contributed by atoms with Gasteiger partial charge in [0.25, 0.3) is 5.91 Å². The fraction of sp³-hybridized carbons (Fsp3) is 0.545. The minimum absolute atomic E-state index is 0.0504. The molecule has 2 aliphatic heterocycles. The van der Waals surface area contributed by atoms with Crippen molar-refractivity contribution >= 4 is 28.7 Å². The SMILES string of the molecule is O=C1OC[C@]2(CC[C@H](CCN3CCNC(=O)c4oc5ccc(C(F)(F)F)cc5c43)CC2)O1. The Balaban J connectivity index is 1.35. The Morgan fingerprint density at radius 2 is 1.97 bits per heavy atom. The summed E-state index contributed by atoms with van der Waals surface area (Å²) in [7, 11) is 0. The number of fused-ring (bicyclic) bond motifs is 3. The van der Waals surface area contributed by atoms with Crippen molar-refractivity contribution < 1.29 is 36.7 Å². The third-order valence-corrected chi connectivity index (χ3v) is 6.76. The maximum absolute atomic E-state index is 13.3. The van der Waals surface area contributed by atoms with Crippen molar-refractivity contribution in [1.29, 1.82) is 0 Å². The van der Waals surface area contributed by atoms with Crippen LogP contribution in [-0.2, 0) is 15.7 Å². The van der Waals surface area contributed by atoms with Gasteiger partial charge in [-0.15, -0.1) is 0 Å². The second-order valence-corrected chi connectivity index (χ2v) is 8.79. The first-order valence-corrected chi connectivity index (χ1v) is 10.8. The fourth-order valence-corrected chi connectivity index (χ4v) is 4.95. The molecule has 2 fully saturated rings. The first-order chi connectivity index (χ1) is 15.2. The Morgan fingerprint density at radius 3 is 2.66 bits per heavy atom. The summed E-state index contributed by atoms with van der Waals surface area (Å²) >= 11 is 0. The van der Waals surface area contributed by atoms with Crippen LogP contribution in [0.2, 0.25) is 0 Å². The van der Waals surface area contributed by atoms with Crippen molar-refractivity contribution in [3.63, 3.8) is 0 Å². The van der Waals surface area contributed by atoms with Crippen molar-refractivity contribution in [3.05, 3.63) is 29.5 Å². The minimum Gasteiger partial charge on any atom is -0.449 e. The van der Waals surface area contributed by atoms with E-state index in [2.05, 4.69) is 5.32 Å². The molecule has 0 bridgehead atoms. The largest absolute Gasteiger partial charge is 0.509 e. The Hall–Kier alpha value is -2.91. The number of hydrogen-bond donors (Lipinski definition) is 1. The molecule has 5 rings (SSSR count). The summed E-state index contributed by atoms with van der Waals surface area (Å²) in [6, 6.07) is 3.29. The van der Waals surface area contributed by atoms with E-state index in [-0.39, 0.29) is 11.3 Å². The molecule has 1 spiro atoms. The number of nitrogens with one attached hydrogen (secondary N) is 1. The molecule has 172 valence electrons. The third kappa shape index (κ3) is 3.75. The number of nitrogens with zero attached hydrogens (tertiary/aromatic N) is 1. The van der Waals surface area contributed by atoms with Crippen molar-refractivity contribution in [1.82, 2.24) is 5.32 Å². The van der Waals surface area contributed by atoms with Crippen LogP contribution in [0.4, 0.5) is 23.7 Å². The van der Waals surface area contributed by atoms with Crippen molar-refractivity contribution in [3.8, 4) is 0 Å². The second kappa shape index (κ2) is 7.60. The quantitative estimate of drug-likeness (QED) is 0.692. The highest BCUT2D eigenvalue weighted by Gasteiger charge is 2.45. The minimum atomic E-state index is -4.48. The van der Waals surface area contributed by atoms with Gasteiger partial charge in [0, 0.05) is 25.0 Å². The summed E-state index contributed by atoms with van der Waals surface area (Å²) in [5, 5.41) is 3.05. The van der Waals surface area contributed by atoms with Gasteiger partial charge < -0.3 is 24.1 Å². The van der Waals surface area contributed by atoms with Crippen LogP contribution < -0.4 is 10.2 Å². The molecular formula is C22H23F3N2O5. The van der Waals surface area contributed by atoms with Gasteiger partial charge in [0.15, 0.2) is 0 Å². The maximum atomic E-state index is 13.3. The number of cyclic esters (lactones) is 1. The average molecular weight is 452 g/mol. The third-order valence-electron chi connectivity index (χ3n) is 6.76. The number of alkyl halides is 3. The molecule has 1 saturated carbocycles. The van der Waals surface area contributed by atoms with Gasteiger partial charge in [-0.1, -0.05) is 0 Å². The van der Waals surface area contributed by atoms with Gasteiger partial charge in [-0.25, -0.2) is 4.79 Å². The number of furan rings is 1. The average Bonchev–Trinajstić information content (AvgIpc) is 3.26. The van der Waals surface area contributed by atoms with E-state index in [9.17, 15) is 22.8 Å². The molecule has 2 aromatic rings. The Bertz CT molecular complexity index is 1060. The number of benzene rings is 1. The number of carbonyl (C=O) groups is 2. The standard InChI is InChI=1S/C22H23F3N2O5/c23-22(24,25)14-1-2-16-15(11-14)17-18(31-16)19(28)26-8-10-27(17)9-5-13-3-6-21(7-4-13)12-30-20(29)32-21/h1-2,11,13H,3-10,12H2,(H,26,28)/t13-,21+. The lowest BCUT2D eigenvalue weighted by Crippen LogP contribution is -2.38. The van der Waals surface area contributed by atoms with Crippen molar-refractivity contribution in [2.45, 2.75) is 43.9 Å². The molecule has 1 saturated heterocycles. The molecule has 0 radical (unpaired) electrons. The van der Waals surface area contributed by atoms with Crippen LogP contribution in [0, 0.1) is 5.92 Å². The number of ether oxygens (including phenoxy) is 2. The highest BCUT2D eigenvalue weighted by molar-refractivity contribution is 6.07. The predicted octanol–water partition coefficient (Wildman–Crippen LogP) is 4.49. The molecule has 1 amide bonds. The lowest BCUT2D eigenvalue weighted by Gasteiger charge is -2.34. The van der Waals surface area contributed by atoms with Crippen LogP contribution in [0.5, 0.6) is 0 Å². The molecule has 7 nitrogen and oxygen atoms in total. The zero-order chi connectivity index (χ0) is 22.5.